The summed E-state index contributed by atoms with van der Waals surface area (Å²) in [6, 6.07) is 1.66. The monoisotopic (exact) mass is 321 g/mol. The van der Waals surface area contributed by atoms with Crippen molar-refractivity contribution in [2.24, 2.45) is 5.92 Å². The number of fused-ring (bicyclic) bond motifs is 1. The molecule has 126 valence electrons. The first-order valence-corrected chi connectivity index (χ1v) is 12.3. The van der Waals surface area contributed by atoms with Gasteiger partial charge in [0.25, 0.3) is 0 Å². The fraction of sp³-hybridized carbons (Fsp3) is 1.00. The van der Waals surface area contributed by atoms with E-state index in [-0.39, 0.29) is 0 Å². The molecule has 0 aromatic rings. The highest BCUT2D eigenvalue weighted by molar-refractivity contribution is 6.51. The van der Waals surface area contributed by atoms with E-state index < -0.39 is 14.5 Å². The van der Waals surface area contributed by atoms with E-state index in [2.05, 4.69) is 18.7 Å². The Labute approximate surface area is 142 Å². The van der Waals surface area contributed by atoms with Crippen LogP contribution in [0.2, 0.25) is 10.6 Å². The third-order valence-corrected chi connectivity index (χ3v) is 9.18. The third-order valence-electron chi connectivity index (χ3n) is 6.62. The number of piperidine rings is 1. The van der Waals surface area contributed by atoms with E-state index in [1.54, 1.807) is 0 Å². The zero-order valence-corrected chi connectivity index (χ0v) is 16.1. The topological polar surface area (TPSA) is 12.5 Å². The predicted molar refractivity (Wildman–Crippen MR) is 95.5 cm³/mol. The summed E-state index contributed by atoms with van der Waals surface area (Å²) in [4.78, 5) is 2.95. The van der Waals surface area contributed by atoms with E-state index in [1.807, 2.05) is 0 Å². The molecule has 22 heavy (non-hydrogen) atoms. The molecule has 3 unspecified atom stereocenters. The zero-order chi connectivity index (χ0) is 15.4. The molecule has 3 fully saturated rings. The van der Waals surface area contributed by atoms with Crippen LogP contribution in [0.5, 0.6) is 0 Å². The van der Waals surface area contributed by atoms with Crippen molar-refractivity contribution in [2.75, 3.05) is 6.54 Å². The Kier molecular flexibility index (Phi) is 6.69. The molecule has 0 spiro atoms. The standard InChI is InChI=1S/C15H26NO.2C2H5.Al/c17-14-10-4-6-12-7-5-11-16(15(12)14)13-8-2-1-3-9-13;2*1-2;/h12-15H,1-11H2;2*1H2,2H3;/q-1;;;+1. The summed E-state index contributed by atoms with van der Waals surface area (Å²) in [5.41, 5.74) is 0. The van der Waals surface area contributed by atoms with E-state index in [1.165, 1.54) is 81.3 Å². The van der Waals surface area contributed by atoms with Gasteiger partial charge in [-0.25, -0.2) is 0 Å². The molecule has 1 heterocycles. The first kappa shape index (κ1) is 17.3. The summed E-state index contributed by atoms with van der Waals surface area (Å²) in [7, 11) is 0. The van der Waals surface area contributed by atoms with Gasteiger partial charge in [-0.05, 0) is 51.0 Å². The molecule has 2 nitrogen and oxygen atoms in total. The van der Waals surface area contributed by atoms with Crippen molar-refractivity contribution in [2.45, 2.75) is 107 Å². The lowest BCUT2D eigenvalue weighted by Gasteiger charge is -2.52. The van der Waals surface area contributed by atoms with Crippen LogP contribution in [0.15, 0.2) is 0 Å². The Balaban J connectivity index is 1.71. The average molecular weight is 321 g/mol. The Morgan fingerprint density at radius 1 is 0.864 bits per heavy atom. The Morgan fingerprint density at radius 3 is 2.32 bits per heavy atom. The van der Waals surface area contributed by atoms with Gasteiger partial charge in [-0.3, -0.25) is 4.90 Å². The number of hydrogen-bond donors (Lipinski definition) is 0. The molecule has 0 aromatic heterocycles. The van der Waals surface area contributed by atoms with Crippen molar-refractivity contribution in [3.63, 3.8) is 0 Å². The predicted octanol–water partition coefficient (Wildman–Crippen LogP) is 5.00. The molecular weight excluding hydrogens is 285 g/mol. The van der Waals surface area contributed by atoms with Crippen LogP contribution in [0, 0.1) is 5.92 Å². The van der Waals surface area contributed by atoms with Crippen molar-refractivity contribution in [1.82, 2.24) is 4.90 Å². The maximum absolute atomic E-state index is 6.78. The minimum Gasteiger partial charge on any atom is -0.497 e. The molecule has 1 aliphatic heterocycles. The summed E-state index contributed by atoms with van der Waals surface area (Å²) in [5, 5.41) is 2.63. The lowest BCUT2D eigenvalue weighted by atomic mass is 9.75. The van der Waals surface area contributed by atoms with Crippen LogP contribution < -0.4 is 0 Å². The number of hydrogen-bond acceptors (Lipinski definition) is 2. The molecule has 2 saturated carbocycles. The normalized spacial score (nSPS) is 34.4. The molecule has 0 aromatic carbocycles. The smallest absolute Gasteiger partial charge is 0.460 e. The lowest BCUT2D eigenvalue weighted by Crippen LogP contribution is -2.58. The number of nitrogens with zero attached hydrogens (tertiary/aromatic N) is 1. The fourth-order valence-electron chi connectivity index (χ4n) is 5.43. The van der Waals surface area contributed by atoms with Gasteiger partial charge in [0.05, 0.1) is 0 Å². The van der Waals surface area contributed by atoms with Gasteiger partial charge in [0.15, 0.2) is 0 Å². The van der Waals surface area contributed by atoms with Crippen LogP contribution in [0.1, 0.15) is 78.1 Å². The molecule has 0 amide bonds. The van der Waals surface area contributed by atoms with Gasteiger partial charge >= 0.3 is 14.5 Å². The highest BCUT2D eigenvalue weighted by atomic mass is 27.2. The Morgan fingerprint density at radius 2 is 1.59 bits per heavy atom. The first-order chi connectivity index (χ1) is 10.8. The van der Waals surface area contributed by atoms with Crippen LogP contribution in [0.3, 0.4) is 0 Å². The summed E-state index contributed by atoms with van der Waals surface area (Å²) in [5.74, 6) is 0.942. The van der Waals surface area contributed by atoms with E-state index in [0.29, 0.717) is 6.10 Å². The first-order valence-electron chi connectivity index (χ1n) is 10.2. The largest absolute Gasteiger partial charge is 0.497 e. The fourth-order valence-corrected chi connectivity index (χ4v) is 7.18. The van der Waals surface area contributed by atoms with E-state index in [0.717, 1.165) is 18.0 Å². The maximum atomic E-state index is 6.78. The van der Waals surface area contributed by atoms with Gasteiger partial charge < -0.3 is 3.79 Å². The van der Waals surface area contributed by atoms with Crippen molar-refractivity contribution in [3.8, 4) is 0 Å². The summed E-state index contributed by atoms with van der Waals surface area (Å²) < 4.78 is 6.78. The Bertz CT molecular complexity index is 325. The maximum Gasteiger partial charge on any atom is 0.460 e. The van der Waals surface area contributed by atoms with Gasteiger partial charge in [0, 0.05) is 18.2 Å². The second-order valence-electron chi connectivity index (χ2n) is 7.97. The van der Waals surface area contributed by atoms with E-state index in [4.69, 9.17) is 3.79 Å². The molecule has 0 N–H and O–H groups in total. The molecule has 3 atom stereocenters. The summed E-state index contributed by atoms with van der Waals surface area (Å²) >= 11 is -0.928. The van der Waals surface area contributed by atoms with Crippen LogP contribution in [-0.4, -0.2) is 44.1 Å². The summed E-state index contributed by atoms with van der Waals surface area (Å²) in [6.07, 6.45) is 15.0. The molecule has 3 heteroatoms. The van der Waals surface area contributed by atoms with E-state index in [9.17, 15) is 0 Å². The second kappa shape index (κ2) is 8.52. The minimum absolute atomic E-state index is 0.581. The molecular formula is C19H36AlNO. The van der Waals surface area contributed by atoms with Gasteiger partial charge in [-0.2, -0.15) is 0 Å². The van der Waals surface area contributed by atoms with Crippen molar-refractivity contribution in [3.05, 3.63) is 0 Å². The van der Waals surface area contributed by atoms with Gasteiger partial charge in [-0.15, -0.1) is 0 Å². The molecule has 3 rings (SSSR count). The molecule has 2 aliphatic carbocycles. The second-order valence-corrected chi connectivity index (χ2v) is 11.1. The Hall–Kier alpha value is 0.452. The third kappa shape index (κ3) is 3.92. The SMILES string of the molecule is C[CH2][Al]([CH2]C)[O]C1CCCC2CCCN(C3CCCCC3)C21. The van der Waals surface area contributed by atoms with Gasteiger partial charge in [-0.1, -0.05) is 50.1 Å². The van der Waals surface area contributed by atoms with Crippen molar-refractivity contribution >= 4 is 14.5 Å². The zero-order valence-electron chi connectivity index (χ0n) is 14.9. The minimum atomic E-state index is -0.928. The highest BCUT2D eigenvalue weighted by Gasteiger charge is 2.43. The quantitative estimate of drug-likeness (QED) is 0.661. The molecule has 0 radical (unpaired) electrons. The molecule has 0 bridgehead atoms. The number of likely N-dealkylation sites (tertiary alicyclic amines) is 1. The van der Waals surface area contributed by atoms with Crippen molar-refractivity contribution in [1.29, 1.82) is 0 Å². The van der Waals surface area contributed by atoms with Crippen molar-refractivity contribution < 1.29 is 3.79 Å². The van der Waals surface area contributed by atoms with Gasteiger partial charge in [0.2, 0.25) is 0 Å². The number of rotatable bonds is 5. The van der Waals surface area contributed by atoms with Gasteiger partial charge in [0.1, 0.15) is 0 Å². The lowest BCUT2D eigenvalue weighted by molar-refractivity contribution is -0.0528. The van der Waals surface area contributed by atoms with E-state index >= 15 is 0 Å². The molecule has 1 saturated heterocycles. The highest BCUT2D eigenvalue weighted by Crippen LogP contribution is 2.40. The summed E-state index contributed by atoms with van der Waals surface area (Å²) in [6.45, 7) is 6.05. The average Bonchev–Trinajstić information content (AvgIpc) is 2.60. The van der Waals surface area contributed by atoms with Crippen LogP contribution >= 0.6 is 0 Å². The van der Waals surface area contributed by atoms with Crippen LogP contribution in [-0.2, 0) is 3.79 Å². The van der Waals surface area contributed by atoms with Crippen LogP contribution in [0.25, 0.3) is 0 Å². The molecule has 3 aliphatic rings. The van der Waals surface area contributed by atoms with Crippen LogP contribution in [0.4, 0.5) is 0 Å².